The van der Waals surface area contributed by atoms with Gasteiger partial charge in [0, 0.05) is 37.3 Å². The minimum absolute atomic E-state index is 0.0949. The first kappa shape index (κ1) is 32.3. The number of hydrogen-bond acceptors (Lipinski definition) is 6. The molecule has 4 rings (SSSR count). The predicted molar refractivity (Wildman–Crippen MR) is 148 cm³/mol. The van der Waals surface area contributed by atoms with Gasteiger partial charge < -0.3 is 29.3 Å². The number of benzene rings is 2. The van der Waals surface area contributed by atoms with Crippen molar-refractivity contribution >= 4 is 17.7 Å². The van der Waals surface area contributed by atoms with E-state index in [1.807, 2.05) is 4.90 Å². The van der Waals surface area contributed by atoms with E-state index >= 15 is 0 Å². The molecule has 0 bridgehead atoms. The number of hydrogen-bond donors (Lipinski definition) is 1. The first-order chi connectivity index (χ1) is 20.2. The molecule has 2 amide bonds. The van der Waals surface area contributed by atoms with Gasteiger partial charge in [-0.1, -0.05) is 0 Å². The van der Waals surface area contributed by atoms with E-state index in [2.05, 4.69) is 10.1 Å². The summed E-state index contributed by atoms with van der Waals surface area (Å²) in [7, 11) is 0. The molecule has 0 aliphatic carbocycles. The number of carbonyl (C=O) groups excluding carboxylic acids is 2. The van der Waals surface area contributed by atoms with Crippen LogP contribution in [0.4, 0.5) is 32.4 Å². The summed E-state index contributed by atoms with van der Waals surface area (Å²) in [5.74, 6) is 0.0409. The van der Waals surface area contributed by atoms with Gasteiger partial charge in [-0.2, -0.15) is 22.0 Å². The van der Waals surface area contributed by atoms with E-state index < -0.39 is 36.1 Å². The average Bonchev–Trinajstić information content (AvgIpc) is 3.57. The normalized spacial score (nSPS) is 20.9. The van der Waals surface area contributed by atoms with Gasteiger partial charge in [-0.15, -0.1) is 0 Å². The van der Waals surface area contributed by atoms with Crippen LogP contribution in [0.25, 0.3) is 0 Å². The number of alkyl halides is 5. The molecule has 0 radical (unpaired) electrons. The Bertz CT molecular complexity index is 1230. The molecule has 8 nitrogen and oxygen atoms in total. The van der Waals surface area contributed by atoms with E-state index in [4.69, 9.17) is 9.47 Å². The Morgan fingerprint density at radius 1 is 1.00 bits per heavy atom. The van der Waals surface area contributed by atoms with E-state index in [0.717, 1.165) is 18.6 Å². The van der Waals surface area contributed by atoms with Crippen LogP contribution in [-0.2, 0) is 15.7 Å². The lowest BCUT2D eigenvalue weighted by atomic mass is 10.1. The van der Waals surface area contributed by atoms with Crippen molar-refractivity contribution in [2.45, 2.75) is 64.1 Å². The maximum Gasteiger partial charge on any atom is 0.416 e. The van der Waals surface area contributed by atoms with Crippen molar-refractivity contribution in [2.24, 2.45) is 5.92 Å². The van der Waals surface area contributed by atoms with Crippen LogP contribution < -0.4 is 15.0 Å². The van der Waals surface area contributed by atoms with Crippen molar-refractivity contribution in [3.63, 3.8) is 0 Å². The fourth-order valence-electron chi connectivity index (χ4n) is 5.17. The van der Waals surface area contributed by atoms with E-state index in [-0.39, 0.29) is 36.8 Å². The third kappa shape index (κ3) is 9.19. The number of nitrogens with one attached hydrogen (secondary N) is 1. The Labute approximate surface area is 247 Å². The zero-order valence-electron chi connectivity index (χ0n) is 24.2. The lowest BCUT2D eigenvalue weighted by Crippen LogP contribution is -2.36. The molecular formula is C30H36F5N3O5. The monoisotopic (exact) mass is 613 g/mol. The molecule has 3 atom stereocenters. The van der Waals surface area contributed by atoms with Gasteiger partial charge in [-0.05, 0) is 81.6 Å². The van der Waals surface area contributed by atoms with Gasteiger partial charge in [0.25, 0.3) is 5.91 Å². The molecule has 2 aromatic carbocycles. The summed E-state index contributed by atoms with van der Waals surface area (Å²) in [6.45, 7) is 3.89. The summed E-state index contributed by atoms with van der Waals surface area (Å²) in [5.41, 5.74) is -0.323. The Morgan fingerprint density at radius 2 is 1.67 bits per heavy atom. The number of likely N-dealkylation sites (tertiary alicyclic amines) is 1. The maximum atomic E-state index is 12.9. The van der Waals surface area contributed by atoms with E-state index in [0.29, 0.717) is 37.3 Å². The Balaban J connectivity index is 1.33. The minimum Gasteiger partial charge on any atom is -0.489 e. The van der Waals surface area contributed by atoms with Gasteiger partial charge in [0.15, 0.2) is 0 Å². The van der Waals surface area contributed by atoms with Crippen molar-refractivity contribution in [1.82, 2.24) is 10.2 Å². The highest BCUT2D eigenvalue weighted by atomic mass is 19.4. The smallest absolute Gasteiger partial charge is 0.416 e. The number of carbonyl (C=O) groups is 2. The number of nitrogens with zero attached hydrogens (tertiary/aromatic N) is 2. The molecule has 1 unspecified atom stereocenters. The Morgan fingerprint density at radius 3 is 2.28 bits per heavy atom. The lowest BCUT2D eigenvalue weighted by Gasteiger charge is -2.26. The van der Waals surface area contributed by atoms with Crippen LogP contribution in [-0.4, -0.2) is 74.0 Å². The van der Waals surface area contributed by atoms with Crippen LogP contribution in [0.15, 0.2) is 48.5 Å². The Hall–Kier alpha value is -3.61. The number of ether oxygens (including phenoxy) is 3. The summed E-state index contributed by atoms with van der Waals surface area (Å²) >= 11 is 0. The second-order valence-electron chi connectivity index (χ2n) is 11.7. The molecule has 0 spiro atoms. The highest BCUT2D eigenvalue weighted by Gasteiger charge is 2.35. The fourth-order valence-corrected chi connectivity index (χ4v) is 5.17. The number of rotatable bonds is 9. The highest BCUT2D eigenvalue weighted by Crippen LogP contribution is 2.32. The van der Waals surface area contributed by atoms with Crippen molar-refractivity contribution < 1.29 is 45.8 Å². The average molecular weight is 614 g/mol. The molecule has 236 valence electrons. The van der Waals surface area contributed by atoms with Gasteiger partial charge >= 0.3 is 18.9 Å². The quantitative estimate of drug-likeness (QED) is 0.352. The second-order valence-corrected chi connectivity index (χ2v) is 11.7. The number of halogens is 5. The van der Waals surface area contributed by atoms with Gasteiger partial charge in [-0.25, -0.2) is 4.79 Å². The van der Waals surface area contributed by atoms with Crippen molar-refractivity contribution in [3.8, 4) is 5.75 Å². The van der Waals surface area contributed by atoms with E-state index in [1.54, 1.807) is 49.9 Å². The van der Waals surface area contributed by atoms with Crippen LogP contribution in [0.2, 0.25) is 0 Å². The van der Waals surface area contributed by atoms with Gasteiger partial charge in [-0.3, -0.25) is 4.79 Å². The zero-order chi connectivity index (χ0) is 31.4. The molecule has 2 aliphatic rings. The number of anilines is 1. The van der Waals surface area contributed by atoms with E-state index in [1.165, 1.54) is 12.1 Å². The van der Waals surface area contributed by atoms with Crippen molar-refractivity contribution in [3.05, 3.63) is 59.7 Å². The van der Waals surface area contributed by atoms with Crippen molar-refractivity contribution in [1.29, 1.82) is 0 Å². The van der Waals surface area contributed by atoms with Crippen LogP contribution in [0.5, 0.6) is 5.75 Å². The topological polar surface area (TPSA) is 80.3 Å². The largest absolute Gasteiger partial charge is 0.489 e. The summed E-state index contributed by atoms with van der Waals surface area (Å²) in [6.07, 6.45) is -4.29. The first-order valence-electron chi connectivity index (χ1n) is 14.0. The van der Waals surface area contributed by atoms with Crippen LogP contribution >= 0.6 is 0 Å². The standard InChI is InChI=1S/C30H36F5N3O5/c1-29(2,3)43-28(40)37-13-12-19(16-37)15-36-26(39)20-4-8-22(9-5-20)38-17-25(14-23(38)18-41-27(31)32)42-24-10-6-21(7-11-24)30(33,34)35/h4-11,19,23,25,27H,12-18H2,1-3H3,(H,36,39)/t19?,23-,25-/m0/s1. The van der Waals surface area contributed by atoms with Crippen molar-refractivity contribution in [2.75, 3.05) is 37.7 Å². The molecule has 1 N–H and O–H groups in total. The first-order valence-corrected chi connectivity index (χ1v) is 14.0. The summed E-state index contributed by atoms with van der Waals surface area (Å²) in [4.78, 5) is 28.5. The molecule has 2 heterocycles. The second kappa shape index (κ2) is 13.4. The molecule has 2 aliphatic heterocycles. The minimum atomic E-state index is -4.47. The SMILES string of the molecule is CC(C)(C)OC(=O)N1CCC(CNC(=O)c2ccc(N3C[C@@H](Oc4ccc(C(F)(F)F)cc4)C[C@H]3COC(F)F)cc2)C1. The zero-order valence-corrected chi connectivity index (χ0v) is 24.2. The summed E-state index contributed by atoms with van der Waals surface area (Å²) in [6, 6.07) is 10.5. The predicted octanol–water partition coefficient (Wildman–Crippen LogP) is 5.96. The van der Waals surface area contributed by atoms with E-state index in [9.17, 15) is 31.5 Å². The Kier molecular flexibility index (Phi) is 10.0. The number of amides is 2. The molecule has 0 aromatic heterocycles. The van der Waals surface area contributed by atoms with Crippen LogP contribution in [0, 0.1) is 5.92 Å². The third-order valence-corrected chi connectivity index (χ3v) is 7.23. The summed E-state index contributed by atoms with van der Waals surface area (Å²) < 4.78 is 80.1. The highest BCUT2D eigenvalue weighted by molar-refractivity contribution is 5.94. The molecule has 0 saturated carbocycles. The van der Waals surface area contributed by atoms with Crippen LogP contribution in [0.1, 0.15) is 49.5 Å². The molecule has 2 fully saturated rings. The molecular weight excluding hydrogens is 577 g/mol. The molecule has 13 heteroatoms. The third-order valence-electron chi connectivity index (χ3n) is 7.23. The fraction of sp³-hybridized carbons (Fsp3) is 0.533. The lowest BCUT2D eigenvalue weighted by molar-refractivity contribution is -0.137. The van der Waals surface area contributed by atoms with Crippen LogP contribution in [0.3, 0.4) is 0 Å². The van der Waals surface area contributed by atoms with Gasteiger partial charge in [0.1, 0.15) is 17.5 Å². The van der Waals surface area contributed by atoms with Gasteiger partial charge in [0.2, 0.25) is 0 Å². The maximum absolute atomic E-state index is 12.9. The molecule has 43 heavy (non-hydrogen) atoms. The molecule has 2 saturated heterocycles. The molecule has 2 aromatic rings. The summed E-state index contributed by atoms with van der Waals surface area (Å²) in [5, 5.41) is 2.90. The van der Waals surface area contributed by atoms with Gasteiger partial charge in [0.05, 0.1) is 24.8 Å².